The van der Waals surface area contributed by atoms with Crippen LogP contribution >= 0.6 is 23.6 Å². The minimum Gasteiger partial charge on any atom is -0.262 e. The Kier molecular flexibility index (Phi) is 1.76. The molecule has 1 aliphatic heterocycles. The predicted molar refractivity (Wildman–Crippen MR) is 39.5 cm³/mol. The molecule has 0 aromatic heterocycles. The van der Waals surface area contributed by atoms with Crippen LogP contribution < -0.4 is 0 Å². The van der Waals surface area contributed by atoms with Crippen molar-refractivity contribution in [2.24, 2.45) is 0 Å². The van der Waals surface area contributed by atoms with Gasteiger partial charge in [0.1, 0.15) is 5.66 Å². The first-order chi connectivity index (χ1) is 4.89. The van der Waals surface area contributed by atoms with Crippen LogP contribution in [0.5, 0.6) is 0 Å². The van der Waals surface area contributed by atoms with Crippen molar-refractivity contribution in [2.75, 3.05) is 0 Å². The van der Waals surface area contributed by atoms with Crippen LogP contribution in [0.1, 0.15) is 13.8 Å². The zero-order valence-electron chi connectivity index (χ0n) is 5.97. The van der Waals surface area contributed by atoms with Crippen LogP contribution in [-0.2, 0) is 9.59 Å². The summed E-state index contributed by atoms with van der Waals surface area (Å²) in [5.41, 5.74) is -0.947. The molecule has 1 fully saturated rings. The van der Waals surface area contributed by atoms with Gasteiger partial charge in [-0.1, -0.05) is 0 Å². The van der Waals surface area contributed by atoms with Crippen molar-refractivity contribution in [1.82, 2.24) is 8.84 Å². The Labute approximate surface area is 73.9 Å². The van der Waals surface area contributed by atoms with E-state index in [-0.39, 0.29) is 0 Å². The van der Waals surface area contributed by atoms with Crippen LogP contribution in [0.15, 0.2) is 0 Å². The molecule has 0 unspecified atom stereocenters. The molecular formula is C5H6Cl2N2O2. The van der Waals surface area contributed by atoms with Gasteiger partial charge in [-0.05, 0) is 13.8 Å². The van der Waals surface area contributed by atoms with Gasteiger partial charge in [0.2, 0.25) is 0 Å². The third kappa shape index (κ3) is 0.973. The van der Waals surface area contributed by atoms with E-state index < -0.39 is 17.5 Å². The van der Waals surface area contributed by atoms with Gasteiger partial charge in [0, 0.05) is 23.6 Å². The van der Waals surface area contributed by atoms with E-state index in [9.17, 15) is 9.59 Å². The first-order valence-corrected chi connectivity index (χ1v) is 3.57. The number of halogens is 2. The summed E-state index contributed by atoms with van der Waals surface area (Å²) >= 11 is 11.0. The second-order valence-electron chi connectivity index (χ2n) is 2.67. The fourth-order valence-electron chi connectivity index (χ4n) is 0.742. The SMILES string of the molecule is CC1(C)N(Cl)C(=O)C(=O)N1Cl. The van der Waals surface area contributed by atoms with Crippen molar-refractivity contribution < 1.29 is 9.59 Å². The van der Waals surface area contributed by atoms with Crippen LogP contribution in [0, 0.1) is 0 Å². The topological polar surface area (TPSA) is 40.6 Å². The summed E-state index contributed by atoms with van der Waals surface area (Å²) < 4.78 is 1.56. The summed E-state index contributed by atoms with van der Waals surface area (Å²) in [6, 6.07) is 0. The molecule has 0 N–H and O–H groups in total. The fourth-order valence-corrected chi connectivity index (χ4v) is 1.08. The summed E-state index contributed by atoms with van der Waals surface area (Å²) in [5, 5.41) is 0. The molecule has 0 radical (unpaired) electrons. The van der Waals surface area contributed by atoms with Crippen molar-refractivity contribution in [3.05, 3.63) is 0 Å². The molecule has 0 bridgehead atoms. The normalized spacial score (nSPS) is 23.3. The zero-order valence-corrected chi connectivity index (χ0v) is 7.48. The lowest BCUT2D eigenvalue weighted by molar-refractivity contribution is -0.140. The van der Waals surface area contributed by atoms with Crippen LogP contribution in [0.3, 0.4) is 0 Å². The summed E-state index contributed by atoms with van der Waals surface area (Å²) in [7, 11) is 0. The largest absolute Gasteiger partial charge is 0.329 e. The lowest BCUT2D eigenvalue weighted by Gasteiger charge is -2.27. The van der Waals surface area contributed by atoms with Gasteiger partial charge in [0.15, 0.2) is 0 Å². The molecule has 1 aliphatic rings. The van der Waals surface area contributed by atoms with Gasteiger partial charge in [0.25, 0.3) is 0 Å². The Bertz CT molecular complexity index is 207. The molecule has 62 valence electrons. The van der Waals surface area contributed by atoms with E-state index in [0.717, 1.165) is 8.84 Å². The quantitative estimate of drug-likeness (QED) is 0.423. The summed E-state index contributed by atoms with van der Waals surface area (Å²) in [4.78, 5) is 21.7. The molecule has 6 heteroatoms. The molecule has 1 rings (SSSR count). The first-order valence-electron chi connectivity index (χ1n) is 2.89. The van der Waals surface area contributed by atoms with E-state index in [1.807, 2.05) is 0 Å². The Balaban J connectivity index is 3.06. The first kappa shape index (κ1) is 8.62. The van der Waals surface area contributed by atoms with Crippen molar-refractivity contribution in [3.63, 3.8) is 0 Å². The smallest absolute Gasteiger partial charge is 0.262 e. The van der Waals surface area contributed by atoms with Crippen molar-refractivity contribution >= 4 is 35.4 Å². The molecule has 1 saturated heterocycles. The highest BCUT2D eigenvalue weighted by molar-refractivity contribution is 6.49. The minimum absolute atomic E-state index is 0.780. The average molecular weight is 197 g/mol. The predicted octanol–water partition coefficient (Wildman–Crippen LogP) is 0.701. The van der Waals surface area contributed by atoms with Gasteiger partial charge < -0.3 is 0 Å². The maximum absolute atomic E-state index is 10.8. The van der Waals surface area contributed by atoms with Crippen LogP contribution in [0.25, 0.3) is 0 Å². The van der Waals surface area contributed by atoms with Gasteiger partial charge in [-0.15, -0.1) is 0 Å². The maximum atomic E-state index is 10.8. The van der Waals surface area contributed by atoms with Gasteiger partial charge in [-0.3, -0.25) is 9.59 Å². The second kappa shape index (κ2) is 2.25. The van der Waals surface area contributed by atoms with Crippen molar-refractivity contribution in [1.29, 1.82) is 0 Å². The average Bonchev–Trinajstić information content (AvgIpc) is 2.06. The number of nitrogens with zero attached hydrogens (tertiary/aromatic N) is 2. The summed E-state index contributed by atoms with van der Waals surface area (Å²) in [5.74, 6) is -1.60. The molecule has 1 heterocycles. The van der Waals surface area contributed by atoms with E-state index in [1.54, 1.807) is 13.8 Å². The van der Waals surface area contributed by atoms with Crippen molar-refractivity contribution in [2.45, 2.75) is 19.5 Å². The summed E-state index contributed by atoms with van der Waals surface area (Å²) in [6.45, 7) is 3.13. The Morgan fingerprint density at radius 3 is 1.45 bits per heavy atom. The minimum atomic E-state index is -0.947. The molecule has 0 aromatic carbocycles. The highest BCUT2D eigenvalue weighted by atomic mass is 35.5. The number of hydrogen-bond acceptors (Lipinski definition) is 2. The summed E-state index contributed by atoms with van der Waals surface area (Å²) in [6.07, 6.45) is 0. The number of carbonyl (C=O) groups is 2. The molecule has 0 saturated carbocycles. The second-order valence-corrected chi connectivity index (χ2v) is 3.34. The molecule has 4 nitrogen and oxygen atoms in total. The van der Waals surface area contributed by atoms with E-state index in [4.69, 9.17) is 23.6 Å². The Hall–Kier alpha value is -0.480. The van der Waals surface area contributed by atoms with E-state index >= 15 is 0 Å². The van der Waals surface area contributed by atoms with Gasteiger partial charge in [-0.25, -0.2) is 8.84 Å². The standard InChI is InChI=1S/C5H6Cl2N2O2/c1-5(2)8(6)3(10)4(11)9(5)7/h1-2H3. The third-order valence-corrected chi connectivity index (χ3v) is 2.63. The van der Waals surface area contributed by atoms with Crippen LogP contribution in [0.2, 0.25) is 0 Å². The highest BCUT2D eigenvalue weighted by Crippen LogP contribution is 2.31. The van der Waals surface area contributed by atoms with Crippen LogP contribution in [-0.4, -0.2) is 26.3 Å². The van der Waals surface area contributed by atoms with Crippen LogP contribution in [0.4, 0.5) is 0 Å². The van der Waals surface area contributed by atoms with E-state index in [0.29, 0.717) is 0 Å². The molecular weight excluding hydrogens is 191 g/mol. The molecule has 2 amide bonds. The molecule has 0 aliphatic carbocycles. The molecule has 0 spiro atoms. The number of hydrogen-bond donors (Lipinski definition) is 0. The van der Waals surface area contributed by atoms with E-state index in [2.05, 4.69) is 0 Å². The number of carbonyl (C=O) groups excluding carboxylic acids is 2. The molecule has 0 aromatic rings. The molecule has 11 heavy (non-hydrogen) atoms. The zero-order chi connectivity index (χ0) is 8.81. The fraction of sp³-hybridized carbons (Fsp3) is 0.600. The highest BCUT2D eigenvalue weighted by Gasteiger charge is 2.50. The lowest BCUT2D eigenvalue weighted by Crippen LogP contribution is -2.40. The Morgan fingerprint density at radius 2 is 1.36 bits per heavy atom. The maximum Gasteiger partial charge on any atom is 0.329 e. The number of amides is 2. The van der Waals surface area contributed by atoms with Crippen molar-refractivity contribution in [3.8, 4) is 0 Å². The Morgan fingerprint density at radius 1 is 1.09 bits per heavy atom. The van der Waals surface area contributed by atoms with Gasteiger partial charge in [-0.2, -0.15) is 0 Å². The molecule has 0 atom stereocenters. The monoisotopic (exact) mass is 196 g/mol. The van der Waals surface area contributed by atoms with Gasteiger partial charge >= 0.3 is 11.8 Å². The lowest BCUT2D eigenvalue weighted by atomic mass is 10.3. The van der Waals surface area contributed by atoms with E-state index in [1.165, 1.54) is 0 Å². The third-order valence-electron chi connectivity index (χ3n) is 1.50. The number of rotatable bonds is 0. The van der Waals surface area contributed by atoms with Gasteiger partial charge in [0.05, 0.1) is 0 Å².